The third-order valence-corrected chi connectivity index (χ3v) is 3.02. The van der Waals surface area contributed by atoms with E-state index in [4.69, 9.17) is 22.1 Å². The molecule has 0 bridgehead atoms. The summed E-state index contributed by atoms with van der Waals surface area (Å²) in [5.41, 5.74) is 6.40. The Morgan fingerprint density at radius 1 is 1.50 bits per heavy atom. The van der Waals surface area contributed by atoms with E-state index in [0.29, 0.717) is 11.8 Å². The predicted molar refractivity (Wildman–Crippen MR) is 63.7 cm³/mol. The number of ether oxygens (including phenoxy) is 1. The van der Waals surface area contributed by atoms with Gasteiger partial charge in [-0.3, -0.25) is 0 Å². The molecular weight excluding hydrogens is 228 g/mol. The van der Waals surface area contributed by atoms with Crippen molar-refractivity contribution in [2.24, 2.45) is 0 Å². The molecule has 0 aromatic carbocycles. The number of piperidine rings is 1. The van der Waals surface area contributed by atoms with E-state index in [1.807, 2.05) is 0 Å². The van der Waals surface area contributed by atoms with E-state index in [9.17, 15) is 0 Å². The highest BCUT2D eigenvalue weighted by Gasteiger charge is 2.21. The third-order valence-electron chi connectivity index (χ3n) is 2.84. The monoisotopic (exact) mass is 242 g/mol. The summed E-state index contributed by atoms with van der Waals surface area (Å²) < 4.78 is 5.31. The highest BCUT2D eigenvalue weighted by molar-refractivity contribution is 6.28. The van der Waals surface area contributed by atoms with Gasteiger partial charge in [-0.2, -0.15) is 4.98 Å². The smallest absolute Gasteiger partial charge is 0.224 e. The van der Waals surface area contributed by atoms with E-state index in [1.54, 1.807) is 13.3 Å². The molecule has 0 spiro atoms. The van der Waals surface area contributed by atoms with Crippen LogP contribution in [0.2, 0.25) is 5.28 Å². The van der Waals surface area contributed by atoms with Crippen molar-refractivity contribution in [2.75, 3.05) is 30.8 Å². The van der Waals surface area contributed by atoms with Crippen molar-refractivity contribution >= 4 is 23.1 Å². The molecule has 0 radical (unpaired) electrons. The number of methoxy groups -OCH3 is 1. The highest BCUT2D eigenvalue weighted by Crippen LogP contribution is 2.25. The van der Waals surface area contributed by atoms with Crippen LogP contribution in [0.15, 0.2) is 6.20 Å². The minimum atomic E-state index is 0.234. The van der Waals surface area contributed by atoms with Gasteiger partial charge in [-0.15, -0.1) is 0 Å². The van der Waals surface area contributed by atoms with Gasteiger partial charge in [0.05, 0.1) is 18.0 Å². The van der Waals surface area contributed by atoms with E-state index in [0.717, 1.165) is 31.7 Å². The zero-order valence-corrected chi connectivity index (χ0v) is 9.94. The molecule has 1 aliphatic heterocycles. The van der Waals surface area contributed by atoms with E-state index in [1.165, 1.54) is 0 Å². The largest absolute Gasteiger partial charge is 0.394 e. The Balaban J connectivity index is 2.10. The summed E-state index contributed by atoms with van der Waals surface area (Å²) in [6, 6.07) is 0. The van der Waals surface area contributed by atoms with Gasteiger partial charge in [-0.05, 0) is 24.4 Å². The zero-order valence-electron chi connectivity index (χ0n) is 9.19. The molecule has 16 heavy (non-hydrogen) atoms. The highest BCUT2D eigenvalue weighted by atomic mass is 35.5. The van der Waals surface area contributed by atoms with Crippen LogP contribution in [-0.2, 0) is 4.74 Å². The minimum Gasteiger partial charge on any atom is -0.394 e. The van der Waals surface area contributed by atoms with Gasteiger partial charge in [-0.1, -0.05) is 0 Å². The maximum Gasteiger partial charge on any atom is 0.224 e. The predicted octanol–water partition coefficient (Wildman–Crippen LogP) is 1.33. The number of anilines is 2. The fourth-order valence-corrected chi connectivity index (χ4v) is 2.05. The van der Waals surface area contributed by atoms with Crippen LogP contribution >= 0.6 is 11.6 Å². The molecule has 2 N–H and O–H groups in total. The molecule has 2 rings (SSSR count). The second-order valence-electron chi connectivity index (χ2n) is 3.84. The number of halogens is 1. The van der Waals surface area contributed by atoms with E-state index in [-0.39, 0.29) is 5.28 Å². The molecule has 5 nitrogen and oxygen atoms in total. The fraction of sp³-hybridized carbons (Fsp3) is 0.600. The number of aromatic nitrogens is 2. The summed E-state index contributed by atoms with van der Waals surface area (Å²) in [5, 5.41) is 0.234. The SMILES string of the molecule is COC1CCN(c2nc(Cl)ncc2N)CC1. The molecule has 88 valence electrons. The molecule has 1 fully saturated rings. The Morgan fingerprint density at radius 3 is 2.81 bits per heavy atom. The molecule has 2 heterocycles. The topological polar surface area (TPSA) is 64.3 Å². The first-order valence-corrected chi connectivity index (χ1v) is 5.64. The summed E-state index contributed by atoms with van der Waals surface area (Å²) in [5.74, 6) is 0.731. The van der Waals surface area contributed by atoms with Crippen LogP contribution in [0.5, 0.6) is 0 Å². The fourth-order valence-electron chi connectivity index (χ4n) is 1.92. The molecule has 1 aliphatic rings. The molecule has 0 aliphatic carbocycles. The second-order valence-corrected chi connectivity index (χ2v) is 4.18. The van der Waals surface area contributed by atoms with Crippen LogP contribution in [0.1, 0.15) is 12.8 Å². The molecule has 6 heteroatoms. The van der Waals surface area contributed by atoms with Crippen molar-refractivity contribution < 1.29 is 4.74 Å². The summed E-state index contributed by atoms with van der Waals surface area (Å²) in [6.07, 6.45) is 3.86. The average Bonchev–Trinajstić information content (AvgIpc) is 2.32. The number of nitrogen functional groups attached to an aromatic ring is 1. The molecule has 1 aromatic rings. The first kappa shape index (κ1) is 11.4. The van der Waals surface area contributed by atoms with Crippen molar-refractivity contribution in [3.8, 4) is 0 Å². The Morgan fingerprint density at radius 2 is 2.19 bits per heavy atom. The van der Waals surface area contributed by atoms with E-state index >= 15 is 0 Å². The van der Waals surface area contributed by atoms with Crippen molar-refractivity contribution in [3.63, 3.8) is 0 Å². The van der Waals surface area contributed by atoms with Crippen LogP contribution in [0, 0.1) is 0 Å². The Labute approximate surface area is 99.6 Å². The summed E-state index contributed by atoms with van der Waals surface area (Å²) in [6.45, 7) is 1.77. The van der Waals surface area contributed by atoms with E-state index in [2.05, 4.69) is 14.9 Å². The number of nitrogens with two attached hydrogens (primary N) is 1. The summed E-state index contributed by atoms with van der Waals surface area (Å²) >= 11 is 5.76. The van der Waals surface area contributed by atoms with Gasteiger partial charge in [0.2, 0.25) is 5.28 Å². The number of hydrogen-bond acceptors (Lipinski definition) is 5. The lowest BCUT2D eigenvalue weighted by Crippen LogP contribution is -2.37. The lowest BCUT2D eigenvalue weighted by atomic mass is 10.1. The normalized spacial score (nSPS) is 17.8. The van der Waals surface area contributed by atoms with Gasteiger partial charge in [0, 0.05) is 20.2 Å². The maximum atomic E-state index is 5.83. The van der Waals surface area contributed by atoms with Crippen molar-refractivity contribution in [2.45, 2.75) is 18.9 Å². The number of rotatable bonds is 2. The van der Waals surface area contributed by atoms with Crippen LogP contribution in [0.3, 0.4) is 0 Å². The Bertz CT molecular complexity index is 366. The van der Waals surface area contributed by atoms with Crippen LogP contribution in [0.4, 0.5) is 11.5 Å². The molecule has 1 aromatic heterocycles. The van der Waals surface area contributed by atoms with Gasteiger partial charge < -0.3 is 15.4 Å². The van der Waals surface area contributed by atoms with Crippen LogP contribution in [0.25, 0.3) is 0 Å². The molecule has 0 saturated carbocycles. The van der Waals surface area contributed by atoms with Gasteiger partial charge in [0.1, 0.15) is 0 Å². The quantitative estimate of drug-likeness (QED) is 0.793. The third kappa shape index (κ3) is 2.36. The first-order valence-electron chi connectivity index (χ1n) is 5.26. The molecule has 0 unspecified atom stereocenters. The van der Waals surface area contributed by atoms with Gasteiger partial charge in [-0.25, -0.2) is 4.98 Å². The van der Waals surface area contributed by atoms with Crippen molar-refractivity contribution in [1.82, 2.24) is 9.97 Å². The minimum absolute atomic E-state index is 0.234. The molecule has 0 amide bonds. The molecule has 0 atom stereocenters. The Kier molecular flexibility index (Phi) is 3.46. The van der Waals surface area contributed by atoms with Crippen LogP contribution in [-0.4, -0.2) is 36.3 Å². The van der Waals surface area contributed by atoms with Gasteiger partial charge >= 0.3 is 0 Å². The van der Waals surface area contributed by atoms with E-state index < -0.39 is 0 Å². The zero-order chi connectivity index (χ0) is 11.5. The standard InChI is InChI=1S/C10H15ClN4O/c1-16-7-2-4-15(5-3-7)9-8(12)6-13-10(11)14-9/h6-7H,2-5,12H2,1H3. The summed E-state index contributed by atoms with van der Waals surface area (Å²) in [7, 11) is 1.75. The van der Waals surface area contributed by atoms with Crippen molar-refractivity contribution in [3.05, 3.63) is 11.5 Å². The second kappa shape index (κ2) is 4.84. The van der Waals surface area contributed by atoms with Crippen molar-refractivity contribution in [1.29, 1.82) is 0 Å². The van der Waals surface area contributed by atoms with Gasteiger partial charge in [0.15, 0.2) is 5.82 Å². The van der Waals surface area contributed by atoms with Crippen LogP contribution < -0.4 is 10.6 Å². The Hall–Kier alpha value is -1.07. The maximum absolute atomic E-state index is 5.83. The molecule has 1 saturated heterocycles. The first-order chi connectivity index (χ1) is 7.70. The molecular formula is C10H15ClN4O. The summed E-state index contributed by atoms with van der Waals surface area (Å²) in [4.78, 5) is 10.1. The van der Waals surface area contributed by atoms with Gasteiger partial charge in [0.25, 0.3) is 0 Å². The number of nitrogens with zero attached hydrogens (tertiary/aromatic N) is 3. The lowest BCUT2D eigenvalue weighted by Gasteiger charge is -2.32. The number of hydrogen-bond donors (Lipinski definition) is 1. The lowest BCUT2D eigenvalue weighted by molar-refractivity contribution is 0.0818. The average molecular weight is 243 g/mol.